The fraction of sp³-hybridized carbons (Fsp3) is 0.833. The first-order chi connectivity index (χ1) is 17.6. The molecule has 1 heterocycles. The van der Waals surface area contributed by atoms with E-state index < -0.39 is 23.7 Å². The summed E-state index contributed by atoms with van der Waals surface area (Å²) >= 11 is 0. The van der Waals surface area contributed by atoms with Crippen LogP contribution in [-0.4, -0.2) is 60.8 Å². The molecule has 0 radical (unpaired) electrons. The normalized spacial score (nSPS) is 44.6. The summed E-state index contributed by atoms with van der Waals surface area (Å²) in [7, 11) is 1.99. The van der Waals surface area contributed by atoms with Crippen molar-refractivity contribution in [2.45, 2.75) is 78.7 Å². The highest BCUT2D eigenvalue weighted by molar-refractivity contribution is 5.84. The maximum Gasteiger partial charge on any atom is 0.310 e. The molecule has 0 bridgehead atoms. The first-order valence-corrected chi connectivity index (χ1v) is 14.5. The third-order valence-corrected chi connectivity index (χ3v) is 11.5. The van der Waals surface area contributed by atoms with Crippen molar-refractivity contribution in [3.8, 4) is 0 Å². The molecule has 1 aliphatic heterocycles. The van der Waals surface area contributed by atoms with E-state index in [1.54, 1.807) is 13.8 Å². The van der Waals surface area contributed by atoms with Crippen LogP contribution < -0.4 is 0 Å². The van der Waals surface area contributed by atoms with E-state index in [-0.39, 0.29) is 48.4 Å². The van der Waals surface area contributed by atoms with Gasteiger partial charge in [0.15, 0.2) is 0 Å². The third-order valence-electron chi connectivity index (χ3n) is 11.5. The van der Waals surface area contributed by atoms with Gasteiger partial charge in [-0.25, -0.2) is 0 Å². The summed E-state index contributed by atoms with van der Waals surface area (Å²) in [5.74, 6) is -0.819. The number of piperidine rings is 1. The van der Waals surface area contributed by atoms with E-state index in [1.165, 1.54) is 5.57 Å². The summed E-state index contributed by atoms with van der Waals surface area (Å²) < 4.78 is 11.0. The summed E-state index contributed by atoms with van der Waals surface area (Å²) in [6, 6.07) is 0.307. The van der Waals surface area contributed by atoms with E-state index in [9.17, 15) is 19.5 Å². The molecular weight excluding hydrogens is 470 g/mol. The number of nitrogens with zero attached hydrogens (tertiary/aromatic N) is 1. The van der Waals surface area contributed by atoms with Crippen LogP contribution in [0.5, 0.6) is 0 Å². The number of amides is 1. The van der Waals surface area contributed by atoms with Crippen molar-refractivity contribution in [1.29, 1.82) is 0 Å². The van der Waals surface area contributed by atoms with Crippen molar-refractivity contribution in [3.63, 3.8) is 0 Å². The Kier molecular flexibility index (Phi) is 7.00. The van der Waals surface area contributed by atoms with Crippen LogP contribution in [0, 0.1) is 52.3 Å². The van der Waals surface area contributed by atoms with E-state index in [2.05, 4.69) is 19.9 Å². The Morgan fingerprint density at radius 2 is 1.70 bits per heavy atom. The lowest BCUT2D eigenvalue weighted by Crippen LogP contribution is -2.61. The van der Waals surface area contributed by atoms with E-state index in [1.807, 2.05) is 11.9 Å². The molecule has 10 atom stereocenters. The topological polar surface area (TPSA) is 93.1 Å². The zero-order valence-corrected chi connectivity index (χ0v) is 23.2. The average Bonchev–Trinajstić information content (AvgIpc) is 3.17. The number of aliphatic hydroxyl groups excluding tert-OH is 1. The number of allylic oxidation sites excluding steroid dienone is 1. The molecule has 37 heavy (non-hydrogen) atoms. The van der Waals surface area contributed by atoms with Crippen LogP contribution in [0.15, 0.2) is 11.6 Å². The predicted octanol–water partition coefficient (Wildman–Crippen LogP) is 3.98. The number of hydrogen-bond acceptors (Lipinski definition) is 6. The highest BCUT2D eigenvalue weighted by atomic mass is 16.5. The van der Waals surface area contributed by atoms with Gasteiger partial charge < -0.3 is 19.5 Å². The quantitative estimate of drug-likeness (QED) is 0.440. The minimum Gasteiger partial charge on any atom is -0.466 e. The van der Waals surface area contributed by atoms with Crippen LogP contribution >= 0.6 is 0 Å². The molecule has 206 valence electrons. The van der Waals surface area contributed by atoms with Crippen molar-refractivity contribution >= 4 is 17.8 Å². The summed E-state index contributed by atoms with van der Waals surface area (Å²) in [4.78, 5) is 41.1. The number of rotatable bonds is 5. The second kappa shape index (κ2) is 9.69. The average molecular weight is 516 g/mol. The molecule has 5 rings (SSSR count). The fourth-order valence-corrected chi connectivity index (χ4v) is 9.87. The van der Waals surface area contributed by atoms with Gasteiger partial charge in [-0.1, -0.05) is 25.5 Å². The fourth-order valence-electron chi connectivity index (χ4n) is 9.87. The molecule has 5 aliphatic rings. The SMILES string of the molecule is CCOC(=O)[C@@H]1[C@@H](C(=O)OCC)[C@@H]2C[C@H]3C4CCC5N(C)C(=O)CC[C@]5(C)C4CC[C@]3(C)C2=C[C@@H]1CO. The molecule has 7 nitrogen and oxygen atoms in total. The molecule has 0 aromatic rings. The molecule has 0 aromatic carbocycles. The Morgan fingerprint density at radius 1 is 1.03 bits per heavy atom. The van der Waals surface area contributed by atoms with Gasteiger partial charge in [-0.2, -0.15) is 0 Å². The number of likely N-dealkylation sites (tertiary alicyclic amines) is 1. The summed E-state index contributed by atoms with van der Waals surface area (Å²) in [6.07, 6.45) is 8.89. The van der Waals surface area contributed by atoms with Gasteiger partial charge >= 0.3 is 11.9 Å². The number of fused-ring (bicyclic) bond motifs is 7. The number of hydrogen-bond donors (Lipinski definition) is 1. The van der Waals surface area contributed by atoms with Gasteiger partial charge in [0.25, 0.3) is 0 Å². The van der Waals surface area contributed by atoms with Gasteiger partial charge in [0.2, 0.25) is 5.91 Å². The van der Waals surface area contributed by atoms with E-state index >= 15 is 0 Å². The number of ether oxygens (including phenoxy) is 2. The summed E-state index contributed by atoms with van der Waals surface area (Å²) in [5, 5.41) is 10.4. The monoisotopic (exact) mass is 515 g/mol. The van der Waals surface area contributed by atoms with Gasteiger partial charge in [-0.3, -0.25) is 14.4 Å². The number of carbonyl (C=O) groups excluding carboxylic acids is 3. The first-order valence-electron chi connectivity index (χ1n) is 14.5. The minimum atomic E-state index is -0.719. The number of aliphatic hydroxyl groups is 1. The molecule has 1 amide bonds. The zero-order chi connectivity index (χ0) is 26.7. The molecule has 7 heteroatoms. The van der Waals surface area contributed by atoms with E-state index in [0.717, 1.165) is 38.5 Å². The van der Waals surface area contributed by atoms with Crippen molar-refractivity contribution in [1.82, 2.24) is 4.90 Å². The van der Waals surface area contributed by atoms with Gasteiger partial charge in [-0.15, -0.1) is 0 Å². The highest BCUT2D eigenvalue weighted by Gasteiger charge is 2.64. The lowest BCUT2D eigenvalue weighted by atomic mass is 9.47. The van der Waals surface area contributed by atoms with Crippen LogP contribution in [-0.2, 0) is 23.9 Å². The van der Waals surface area contributed by atoms with Crippen molar-refractivity contribution < 1.29 is 29.0 Å². The molecule has 3 saturated carbocycles. The third kappa shape index (κ3) is 3.89. The molecule has 4 aliphatic carbocycles. The molecule has 4 fully saturated rings. The van der Waals surface area contributed by atoms with Crippen molar-refractivity contribution in [2.75, 3.05) is 26.9 Å². The van der Waals surface area contributed by atoms with Crippen LogP contribution in [0.25, 0.3) is 0 Å². The summed E-state index contributed by atoms with van der Waals surface area (Å²) in [5.41, 5.74) is 1.33. The van der Waals surface area contributed by atoms with Crippen LogP contribution in [0.2, 0.25) is 0 Å². The Labute approximate surface area is 221 Å². The van der Waals surface area contributed by atoms with Gasteiger partial charge in [0, 0.05) is 25.4 Å². The Morgan fingerprint density at radius 3 is 2.35 bits per heavy atom. The molecular formula is C30H45NO6. The minimum absolute atomic E-state index is 0.0524. The predicted molar refractivity (Wildman–Crippen MR) is 138 cm³/mol. The highest BCUT2D eigenvalue weighted by Crippen LogP contribution is 2.69. The van der Waals surface area contributed by atoms with Crippen LogP contribution in [0.3, 0.4) is 0 Å². The maximum atomic E-state index is 13.4. The number of esters is 2. The van der Waals surface area contributed by atoms with Crippen LogP contribution in [0.4, 0.5) is 0 Å². The maximum absolute atomic E-state index is 13.4. The lowest BCUT2D eigenvalue weighted by Gasteiger charge is -2.61. The molecule has 1 N–H and O–H groups in total. The molecule has 0 aromatic heterocycles. The van der Waals surface area contributed by atoms with Crippen molar-refractivity contribution in [2.24, 2.45) is 52.3 Å². The zero-order valence-electron chi connectivity index (χ0n) is 23.2. The number of carbonyl (C=O) groups is 3. The van der Waals surface area contributed by atoms with E-state index in [4.69, 9.17) is 9.47 Å². The molecule has 3 unspecified atom stereocenters. The second-order valence-electron chi connectivity index (χ2n) is 12.8. The van der Waals surface area contributed by atoms with Gasteiger partial charge in [0.05, 0.1) is 31.7 Å². The Balaban J connectivity index is 1.52. The Bertz CT molecular complexity index is 977. The van der Waals surface area contributed by atoms with Gasteiger partial charge in [-0.05, 0) is 86.9 Å². The molecule has 1 saturated heterocycles. The smallest absolute Gasteiger partial charge is 0.310 e. The van der Waals surface area contributed by atoms with E-state index in [0.29, 0.717) is 30.2 Å². The van der Waals surface area contributed by atoms with Crippen molar-refractivity contribution in [3.05, 3.63) is 11.6 Å². The molecule has 0 spiro atoms. The largest absolute Gasteiger partial charge is 0.466 e. The van der Waals surface area contributed by atoms with Gasteiger partial charge in [0.1, 0.15) is 0 Å². The first kappa shape index (κ1) is 26.7. The Hall–Kier alpha value is -1.89. The summed E-state index contributed by atoms with van der Waals surface area (Å²) in [6.45, 7) is 8.67. The van der Waals surface area contributed by atoms with Crippen LogP contribution in [0.1, 0.15) is 72.6 Å². The lowest BCUT2D eigenvalue weighted by molar-refractivity contribution is -0.165. The second-order valence-corrected chi connectivity index (χ2v) is 12.8. The standard InChI is InChI=1S/C30H45NO6/c1-6-36-27(34)25-17(16-32)14-21-19(26(25)28(35)37-7-2)15-22-18-8-9-23-30(4,13-11-24(33)31(23)5)20(18)10-12-29(21,22)3/h14,17-20,22-23,25-26,32H,6-13,15-16H2,1-5H3/t17-,18?,19-,20?,22+,23?,25+,26+,29-,30-/m1/s1.